The molecule has 0 spiro atoms. The number of ether oxygens (including phenoxy) is 1. The van der Waals surface area contributed by atoms with Crippen molar-refractivity contribution in [2.24, 2.45) is 0 Å². The molecule has 0 aromatic carbocycles. The summed E-state index contributed by atoms with van der Waals surface area (Å²) in [5.74, 6) is 1.25. The Labute approximate surface area is 130 Å². The molecule has 4 heteroatoms. The number of nitrogens with zero attached hydrogens (tertiary/aromatic N) is 1. The van der Waals surface area contributed by atoms with Crippen LogP contribution in [0.2, 0.25) is 0 Å². The maximum atomic E-state index is 6.17. The molecular weight excluding hydrogens is 268 g/mol. The molecule has 3 atom stereocenters. The van der Waals surface area contributed by atoms with Gasteiger partial charge in [0.25, 0.3) is 0 Å². The minimum absolute atomic E-state index is 0.185. The van der Waals surface area contributed by atoms with Crippen LogP contribution in [0, 0.1) is 0 Å². The molecule has 1 heterocycles. The van der Waals surface area contributed by atoms with Crippen LogP contribution < -0.4 is 5.32 Å². The van der Waals surface area contributed by atoms with Gasteiger partial charge in [0.1, 0.15) is 0 Å². The summed E-state index contributed by atoms with van der Waals surface area (Å²) < 4.78 is 6.17. The highest BCUT2D eigenvalue weighted by Crippen LogP contribution is 2.21. The third kappa shape index (κ3) is 7.30. The van der Waals surface area contributed by atoms with Crippen LogP contribution in [0.15, 0.2) is 0 Å². The molecule has 1 N–H and O–H groups in total. The Morgan fingerprint density at radius 2 is 1.95 bits per heavy atom. The number of thioether (sulfide) groups is 1. The summed E-state index contributed by atoms with van der Waals surface area (Å²) in [5, 5.41) is 3.55. The van der Waals surface area contributed by atoms with Gasteiger partial charge in [0.2, 0.25) is 0 Å². The van der Waals surface area contributed by atoms with E-state index in [1.165, 1.54) is 25.0 Å². The number of hydrogen-bond donors (Lipinski definition) is 1. The first-order valence-corrected chi connectivity index (χ1v) is 9.31. The van der Waals surface area contributed by atoms with Crippen LogP contribution in [0.1, 0.15) is 47.0 Å². The minimum atomic E-state index is 0.185. The molecule has 1 aliphatic heterocycles. The highest BCUT2D eigenvalue weighted by Gasteiger charge is 2.27. The predicted molar refractivity (Wildman–Crippen MR) is 90.7 cm³/mol. The molecule has 0 radical (unpaired) electrons. The average Bonchev–Trinajstić information content (AvgIpc) is 2.80. The van der Waals surface area contributed by atoms with Gasteiger partial charge in [-0.15, -0.1) is 0 Å². The lowest BCUT2D eigenvalue weighted by atomic mass is 10.1. The molecule has 1 saturated heterocycles. The van der Waals surface area contributed by atoms with Gasteiger partial charge in [0, 0.05) is 24.7 Å². The fraction of sp³-hybridized carbons (Fsp3) is 1.00. The molecule has 0 aromatic rings. The van der Waals surface area contributed by atoms with Crippen molar-refractivity contribution in [3.63, 3.8) is 0 Å². The highest BCUT2D eigenvalue weighted by molar-refractivity contribution is 7.98. The second kappa shape index (κ2) is 8.62. The van der Waals surface area contributed by atoms with Crippen LogP contribution in [-0.2, 0) is 4.74 Å². The summed E-state index contributed by atoms with van der Waals surface area (Å²) in [6.07, 6.45) is 6.66. The Bertz CT molecular complexity index is 268. The third-order valence-electron chi connectivity index (χ3n) is 4.04. The second-order valence-corrected chi connectivity index (χ2v) is 8.14. The predicted octanol–water partition coefficient (Wildman–Crippen LogP) is 3.00. The quantitative estimate of drug-likeness (QED) is 0.745. The molecule has 3 nitrogen and oxygen atoms in total. The minimum Gasteiger partial charge on any atom is -0.372 e. The summed E-state index contributed by atoms with van der Waals surface area (Å²) in [7, 11) is 2.23. The number of likely N-dealkylation sites (N-methyl/N-ethyl adjacent to an activating group) is 1. The van der Waals surface area contributed by atoms with Crippen LogP contribution >= 0.6 is 11.8 Å². The van der Waals surface area contributed by atoms with E-state index in [-0.39, 0.29) is 5.54 Å². The zero-order chi connectivity index (χ0) is 15.2. The molecule has 0 aliphatic carbocycles. The fourth-order valence-corrected chi connectivity index (χ4v) is 3.07. The van der Waals surface area contributed by atoms with Gasteiger partial charge in [-0.25, -0.2) is 0 Å². The molecule has 0 aromatic heterocycles. The Morgan fingerprint density at radius 1 is 1.30 bits per heavy atom. The molecule has 0 bridgehead atoms. The monoisotopic (exact) mass is 302 g/mol. The first-order valence-electron chi connectivity index (χ1n) is 7.91. The van der Waals surface area contributed by atoms with E-state index in [9.17, 15) is 0 Å². The lowest BCUT2D eigenvalue weighted by Gasteiger charge is -2.28. The van der Waals surface area contributed by atoms with Crippen molar-refractivity contribution in [3.8, 4) is 0 Å². The van der Waals surface area contributed by atoms with E-state index >= 15 is 0 Å². The van der Waals surface area contributed by atoms with Crippen molar-refractivity contribution >= 4 is 11.8 Å². The van der Waals surface area contributed by atoms with Gasteiger partial charge in [0.05, 0.1) is 12.2 Å². The van der Waals surface area contributed by atoms with Crippen molar-refractivity contribution in [1.82, 2.24) is 10.2 Å². The largest absolute Gasteiger partial charge is 0.372 e. The summed E-state index contributed by atoms with van der Waals surface area (Å²) >= 11 is 1.93. The highest BCUT2D eigenvalue weighted by atomic mass is 32.2. The standard InChI is InChI=1S/C16H34N2OS/c1-13(9-10-20-6)18(5)12-15-8-7-14(19-15)11-17-16(2,3)4/h13-15,17H,7-12H2,1-6H3. The van der Waals surface area contributed by atoms with E-state index in [4.69, 9.17) is 4.74 Å². The Morgan fingerprint density at radius 3 is 2.55 bits per heavy atom. The molecule has 0 amide bonds. The van der Waals surface area contributed by atoms with E-state index in [1.807, 2.05) is 11.8 Å². The molecule has 3 unspecified atom stereocenters. The average molecular weight is 303 g/mol. The lowest BCUT2D eigenvalue weighted by molar-refractivity contribution is 0.0193. The van der Waals surface area contributed by atoms with Gasteiger partial charge in [0.15, 0.2) is 0 Å². The summed E-state index contributed by atoms with van der Waals surface area (Å²) in [4.78, 5) is 2.46. The molecular formula is C16H34N2OS. The number of hydrogen-bond acceptors (Lipinski definition) is 4. The van der Waals surface area contributed by atoms with E-state index in [0.717, 1.165) is 13.1 Å². The normalized spacial score (nSPS) is 25.4. The zero-order valence-corrected chi connectivity index (χ0v) is 15.1. The molecule has 0 saturated carbocycles. The van der Waals surface area contributed by atoms with E-state index in [0.29, 0.717) is 18.2 Å². The van der Waals surface area contributed by atoms with Crippen molar-refractivity contribution in [3.05, 3.63) is 0 Å². The third-order valence-corrected chi connectivity index (χ3v) is 4.68. The van der Waals surface area contributed by atoms with Crippen molar-refractivity contribution in [2.45, 2.75) is 70.7 Å². The van der Waals surface area contributed by atoms with E-state index < -0.39 is 0 Å². The SMILES string of the molecule is CSCCC(C)N(C)CC1CCC(CNC(C)(C)C)O1. The molecule has 1 aliphatic rings. The first-order chi connectivity index (χ1) is 9.31. The summed E-state index contributed by atoms with van der Waals surface area (Å²) in [5.41, 5.74) is 0.185. The lowest BCUT2D eigenvalue weighted by Crippen LogP contribution is -2.41. The van der Waals surface area contributed by atoms with Gasteiger partial charge < -0.3 is 15.0 Å². The van der Waals surface area contributed by atoms with Crippen LogP contribution in [0.5, 0.6) is 0 Å². The summed E-state index contributed by atoms with van der Waals surface area (Å²) in [6.45, 7) is 11.0. The second-order valence-electron chi connectivity index (χ2n) is 7.16. The van der Waals surface area contributed by atoms with Crippen molar-refractivity contribution < 1.29 is 4.74 Å². The van der Waals surface area contributed by atoms with Crippen molar-refractivity contribution in [1.29, 1.82) is 0 Å². The van der Waals surface area contributed by atoms with Crippen LogP contribution in [0.4, 0.5) is 0 Å². The Balaban J connectivity index is 2.23. The fourth-order valence-electron chi connectivity index (χ4n) is 2.49. The van der Waals surface area contributed by atoms with Crippen LogP contribution in [0.25, 0.3) is 0 Å². The molecule has 120 valence electrons. The van der Waals surface area contributed by atoms with Gasteiger partial charge in [-0.05, 0) is 66.0 Å². The smallest absolute Gasteiger partial charge is 0.0707 e. The van der Waals surface area contributed by atoms with Gasteiger partial charge in [-0.3, -0.25) is 0 Å². The zero-order valence-electron chi connectivity index (χ0n) is 14.2. The topological polar surface area (TPSA) is 24.5 Å². The Hall–Kier alpha value is 0.230. The molecule has 20 heavy (non-hydrogen) atoms. The summed E-state index contributed by atoms with van der Waals surface area (Å²) in [6, 6.07) is 0.651. The van der Waals surface area contributed by atoms with E-state index in [2.05, 4.69) is 51.2 Å². The van der Waals surface area contributed by atoms with Gasteiger partial charge >= 0.3 is 0 Å². The van der Waals surface area contributed by atoms with Crippen LogP contribution in [0.3, 0.4) is 0 Å². The molecule has 1 rings (SSSR count). The number of nitrogens with one attached hydrogen (secondary N) is 1. The van der Waals surface area contributed by atoms with Gasteiger partial charge in [-0.1, -0.05) is 0 Å². The maximum Gasteiger partial charge on any atom is 0.0707 e. The van der Waals surface area contributed by atoms with Gasteiger partial charge in [-0.2, -0.15) is 11.8 Å². The number of rotatable bonds is 8. The maximum absolute atomic E-state index is 6.17. The van der Waals surface area contributed by atoms with Crippen molar-refractivity contribution in [2.75, 3.05) is 32.1 Å². The van der Waals surface area contributed by atoms with Crippen LogP contribution in [-0.4, -0.2) is 60.8 Å². The first kappa shape index (κ1) is 18.3. The Kier molecular flexibility index (Phi) is 7.88. The van der Waals surface area contributed by atoms with E-state index in [1.54, 1.807) is 0 Å². The molecule has 1 fully saturated rings.